The summed E-state index contributed by atoms with van der Waals surface area (Å²) < 4.78 is 0. The number of thiazole rings is 1. The van der Waals surface area contributed by atoms with Gasteiger partial charge in [-0.15, -0.1) is 11.3 Å². The van der Waals surface area contributed by atoms with Gasteiger partial charge in [0.2, 0.25) is 0 Å². The molecule has 0 radical (unpaired) electrons. The third-order valence-corrected chi connectivity index (χ3v) is 3.61. The zero-order chi connectivity index (χ0) is 9.80. The summed E-state index contributed by atoms with van der Waals surface area (Å²) in [6.45, 7) is 4.41. The Morgan fingerprint density at radius 2 is 2.71 bits per heavy atom. The Labute approximate surface area is 88.9 Å². The van der Waals surface area contributed by atoms with Crippen LogP contribution in [0, 0.1) is 0 Å². The first-order valence-electron chi connectivity index (χ1n) is 5.22. The van der Waals surface area contributed by atoms with Gasteiger partial charge in [-0.1, -0.05) is 0 Å². The molecule has 0 unspecified atom stereocenters. The molecule has 2 heterocycles. The van der Waals surface area contributed by atoms with E-state index in [9.17, 15) is 0 Å². The highest BCUT2D eigenvalue weighted by Gasteiger charge is 2.15. The van der Waals surface area contributed by atoms with Crippen molar-refractivity contribution in [2.75, 3.05) is 13.1 Å². The smallest absolute Gasteiger partial charge is 0.109 e. The molecular weight excluding hydrogens is 194 g/mol. The van der Waals surface area contributed by atoms with Crippen LogP contribution in [-0.2, 0) is 0 Å². The third kappa shape index (κ3) is 2.53. The van der Waals surface area contributed by atoms with Gasteiger partial charge in [-0.2, -0.15) is 0 Å². The fourth-order valence-electron chi connectivity index (χ4n) is 1.79. The van der Waals surface area contributed by atoms with Gasteiger partial charge in [-0.3, -0.25) is 0 Å². The van der Waals surface area contributed by atoms with Gasteiger partial charge in [-0.25, -0.2) is 4.98 Å². The molecule has 0 spiro atoms. The molecule has 1 aliphatic heterocycles. The Balaban J connectivity index is 1.74. The topological polar surface area (TPSA) is 37.0 Å². The Morgan fingerprint density at radius 3 is 3.36 bits per heavy atom. The van der Waals surface area contributed by atoms with Crippen LogP contribution >= 0.6 is 11.3 Å². The van der Waals surface area contributed by atoms with Crippen molar-refractivity contribution < 1.29 is 0 Å². The van der Waals surface area contributed by atoms with Crippen LogP contribution in [-0.4, -0.2) is 24.1 Å². The number of aromatic nitrogens is 1. The second-order valence-corrected chi connectivity index (χ2v) is 4.72. The lowest BCUT2D eigenvalue weighted by atomic mass is 10.2. The van der Waals surface area contributed by atoms with Crippen molar-refractivity contribution >= 4 is 11.3 Å². The second kappa shape index (κ2) is 4.87. The van der Waals surface area contributed by atoms with Gasteiger partial charge in [0.15, 0.2) is 0 Å². The van der Waals surface area contributed by atoms with Crippen molar-refractivity contribution in [2.45, 2.75) is 31.8 Å². The monoisotopic (exact) mass is 211 g/mol. The first-order chi connectivity index (χ1) is 6.86. The summed E-state index contributed by atoms with van der Waals surface area (Å²) in [6, 6.07) is 1.05. The van der Waals surface area contributed by atoms with Crippen molar-refractivity contribution in [3.05, 3.63) is 16.6 Å². The summed E-state index contributed by atoms with van der Waals surface area (Å²) in [5, 5.41) is 10.2. The maximum Gasteiger partial charge on any atom is 0.109 e. The minimum Gasteiger partial charge on any atom is -0.313 e. The van der Waals surface area contributed by atoms with E-state index in [2.05, 4.69) is 22.5 Å². The van der Waals surface area contributed by atoms with Crippen LogP contribution in [0.4, 0.5) is 0 Å². The average molecular weight is 211 g/mol. The fraction of sp³-hybridized carbons (Fsp3) is 0.700. The highest BCUT2D eigenvalue weighted by Crippen LogP contribution is 2.15. The predicted octanol–water partition coefficient (Wildman–Crippen LogP) is 1.55. The van der Waals surface area contributed by atoms with Crippen LogP contribution in [0.3, 0.4) is 0 Å². The predicted molar refractivity (Wildman–Crippen MR) is 59.6 cm³/mol. The van der Waals surface area contributed by atoms with Crippen molar-refractivity contribution in [3.63, 3.8) is 0 Å². The van der Waals surface area contributed by atoms with E-state index in [1.54, 1.807) is 11.3 Å². The van der Waals surface area contributed by atoms with Crippen LogP contribution in [0.15, 0.2) is 11.6 Å². The van der Waals surface area contributed by atoms with Crippen LogP contribution in [0.5, 0.6) is 0 Å². The zero-order valence-electron chi connectivity index (χ0n) is 8.49. The van der Waals surface area contributed by atoms with Crippen molar-refractivity contribution in [1.82, 2.24) is 15.6 Å². The number of hydrogen-bond donors (Lipinski definition) is 2. The van der Waals surface area contributed by atoms with Gasteiger partial charge >= 0.3 is 0 Å². The second-order valence-electron chi connectivity index (χ2n) is 3.79. The van der Waals surface area contributed by atoms with Crippen LogP contribution < -0.4 is 10.6 Å². The molecule has 3 nitrogen and oxygen atoms in total. The molecule has 0 aliphatic carbocycles. The number of hydrogen-bond acceptors (Lipinski definition) is 4. The highest BCUT2D eigenvalue weighted by atomic mass is 32.1. The Morgan fingerprint density at radius 1 is 1.79 bits per heavy atom. The Bertz CT molecular complexity index is 254. The number of nitrogens with zero attached hydrogens (tertiary/aromatic N) is 1. The maximum atomic E-state index is 4.30. The third-order valence-electron chi connectivity index (χ3n) is 2.65. The van der Waals surface area contributed by atoms with Gasteiger partial charge in [0, 0.05) is 24.2 Å². The minimum absolute atomic E-state index is 0.386. The quantitative estimate of drug-likeness (QED) is 0.793. The molecule has 2 atom stereocenters. The molecule has 78 valence electrons. The van der Waals surface area contributed by atoms with Crippen molar-refractivity contribution in [1.29, 1.82) is 0 Å². The summed E-state index contributed by atoms with van der Waals surface area (Å²) in [4.78, 5) is 4.30. The number of nitrogens with one attached hydrogen (secondary N) is 2. The lowest BCUT2D eigenvalue weighted by molar-refractivity contribution is 0.489. The molecule has 2 N–H and O–H groups in total. The van der Waals surface area contributed by atoms with E-state index in [-0.39, 0.29) is 0 Å². The lowest BCUT2D eigenvalue weighted by Gasteiger charge is -2.15. The molecule has 2 rings (SSSR count). The molecule has 1 aromatic heterocycles. The van der Waals surface area contributed by atoms with Crippen molar-refractivity contribution in [2.24, 2.45) is 0 Å². The molecule has 1 aliphatic rings. The van der Waals surface area contributed by atoms with Crippen LogP contribution in [0.25, 0.3) is 0 Å². The molecular formula is C10H17N3S. The normalized spacial score (nSPS) is 23.9. The standard InChI is InChI=1S/C10H17N3S/c1-8(10-12-5-6-14-10)13-7-9-3-2-4-11-9/h5-6,8-9,11,13H,2-4,7H2,1H3/t8-,9-/m0/s1. The molecule has 0 aromatic carbocycles. The van der Waals surface area contributed by atoms with Gasteiger partial charge in [0.25, 0.3) is 0 Å². The molecule has 1 fully saturated rings. The number of rotatable bonds is 4. The summed E-state index contributed by atoms with van der Waals surface area (Å²) in [6.07, 6.45) is 4.49. The zero-order valence-corrected chi connectivity index (χ0v) is 9.31. The Hall–Kier alpha value is -0.450. The lowest BCUT2D eigenvalue weighted by Crippen LogP contribution is -2.35. The average Bonchev–Trinajstić information content (AvgIpc) is 2.87. The largest absolute Gasteiger partial charge is 0.313 e. The Kier molecular flexibility index (Phi) is 3.50. The van der Waals surface area contributed by atoms with E-state index in [0.29, 0.717) is 12.1 Å². The summed E-state index contributed by atoms with van der Waals surface area (Å²) in [5.41, 5.74) is 0. The van der Waals surface area contributed by atoms with Crippen LogP contribution in [0.2, 0.25) is 0 Å². The van der Waals surface area contributed by atoms with Gasteiger partial charge in [0.1, 0.15) is 5.01 Å². The van der Waals surface area contributed by atoms with Crippen molar-refractivity contribution in [3.8, 4) is 0 Å². The minimum atomic E-state index is 0.386. The summed E-state index contributed by atoms with van der Waals surface area (Å²) in [7, 11) is 0. The fourth-order valence-corrected chi connectivity index (χ4v) is 2.46. The van der Waals surface area contributed by atoms with E-state index in [1.165, 1.54) is 24.4 Å². The van der Waals surface area contributed by atoms with Gasteiger partial charge in [-0.05, 0) is 26.3 Å². The molecule has 0 amide bonds. The summed E-state index contributed by atoms with van der Waals surface area (Å²) in [5.74, 6) is 0. The molecule has 14 heavy (non-hydrogen) atoms. The molecule has 4 heteroatoms. The maximum absolute atomic E-state index is 4.30. The molecule has 1 aromatic rings. The first-order valence-corrected chi connectivity index (χ1v) is 6.10. The van der Waals surface area contributed by atoms with Gasteiger partial charge < -0.3 is 10.6 Å². The van der Waals surface area contributed by atoms with Crippen LogP contribution in [0.1, 0.15) is 30.8 Å². The van der Waals surface area contributed by atoms with E-state index in [1.807, 2.05) is 11.6 Å². The first kappa shape index (κ1) is 10.1. The molecule has 0 saturated carbocycles. The van der Waals surface area contributed by atoms with E-state index in [4.69, 9.17) is 0 Å². The molecule has 0 bridgehead atoms. The van der Waals surface area contributed by atoms with E-state index >= 15 is 0 Å². The van der Waals surface area contributed by atoms with E-state index in [0.717, 1.165) is 6.54 Å². The van der Waals surface area contributed by atoms with E-state index < -0.39 is 0 Å². The molecule has 1 saturated heterocycles. The highest BCUT2D eigenvalue weighted by molar-refractivity contribution is 7.09. The SMILES string of the molecule is C[C@H](NC[C@@H]1CCCN1)c1nccs1. The van der Waals surface area contributed by atoms with Gasteiger partial charge in [0.05, 0.1) is 6.04 Å². The summed E-state index contributed by atoms with van der Waals surface area (Å²) >= 11 is 1.72.